The molecule has 30 heavy (non-hydrogen) atoms. The topological polar surface area (TPSA) is 75.5 Å². The second-order valence-corrected chi connectivity index (χ2v) is 8.85. The smallest absolute Gasteiger partial charge is 0.336 e. The molecule has 1 aromatic carbocycles. The van der Waals surface area contributed by atoms with E-state index in [4.69, 9.17) is 18.9 Å². The summed E-state index contributed by atoms with van der Waals surface area (Å²) in [6, 6.07) is 15.5. The SMILES string of the molecule is CCOP(=O)(Cc1cc(-c2cccc(C)n2)nn1Cc1ccc(OC)cc1)OCC. The highest BCUT2D eigenvalue weighted by atomic mass is 31.2. The highest BCUT2D eigenvalue weighted by molar-refractivity contribution is 7.53. The fourth-order valence-electron chi connectivity index (χ4n) is 3.15. The van der Waals surface area contributed by atoms with Crippen LogP contribution in [0.25, 0.3) is 11.4 Å². The van der Waals surface area contributed by atoms with Crippen LogP contribution in [0.5, 0.6) is 5.75 Å². The van der Waals surface area contributed by atoms with Gasteiger partial charge in [-0.1, -0.05) is 18.2 Å². The number of aromatic nitrogens is 3. The van der Waals surface area contributed by atoms with Gasteiger partial charge in [0, 0.05) is 5.69 Å². The van der Waals surface area contributed by atoms with Crippen molar-refractivity contribution < 1.29 is 18.3 Å². The monoisotopic (exact) mass is 429 g/mol. The molecule has 0 spiro atoms. The zero-order valence-electron chi connectivity index (χ0n) is 17.9. The summed E-state index contributed by atoms with van der Waals surface area (Å²) in [5, 5.41) is 4.75. The third-order valence-electron chi connectivity index (χ3n) is 4.51. The summed E-state index contributed by atoms with van der Waals surface area (Å²) in [7, 11) is -1.64. The van der Waals surface area contributed by atoms with Gasteiger partial charge < -0.3 is 13.8 Å². The van der Waals surface area contributed by atoms with E-state index >= 15 is 0 Å². The molecule has 2 aromatic heterocycles. The van der Waals surface area contributed by atoms with Gasteiger partial charge in [0.25, 0.3) is 0 Å². The molecule has 3 aromatic rings. The molecule has 0 bridgehead atoms. The van der Waals surface area contributed by atoms with Crippen LogP contribution in [0, 0.1) is 6.92 Å². The molecule has 3 rings (SSSR count). The second kappa shape index (κ2) is 10.0. The molecule has 0 saturated heterocycles. The number of pyridine rings is 1. The first kappa shape index (κ1) is 22.2. The number of nitrogens with zero attached hydrogens (tertiary/aromatic N) is 3. The van der Waals surface area contributed by atoms with Gasteiger partial charge in [-0.25, -0.2) is 0 Å². The maximum atomic E-state index is 13.2. The van der Waals surface area contributed by atoms with Crippen molar-refractivity contribution in [2.24, 2.45) is 0 Å². The van der Waals surface area contributed by atoms with Crippen molar-refractivity contribution in [3.05, 3.63) is 65.5 Å². The predicted octanol–water partition coefficient (Wildman–Crippen LogP) is 5.08. The average molecular weight is 429 g/mol. The Labute approximate surface area is 177 Å². The van der Waals surface area contributed by atoms with E-state index in [0.29, 0.717) is 19.8 Å². The summed E-state index contributed by atoms with van der Waals surface area (Å²) in [5.74, 6) is 0.793. The van der Waals surface area contributed by atoms with E-state index in [0.717, 1.165) is 34.1 Å². The van der Waals surface area contributed by atoms with Crippen molar-refractivity contribution in [1.29, 1.82) is 0 Å². The third kappa shape index (κ3) is 5.57. The van der Waals surface area contributed by atoms with E-state index in [-0.39, 0.29) is 6.16 Å². The standard InChI is InChI=1S/C22H28N3O4P/c1-5-28-30(26,29-6-2)16-19-14-22(21-9-7-8-17(3)23-21)24-25(19)15-18-10-12-20(27-4)13-11-18/h7-14H,5-6,15-16H2,1-4H3. The predicted molar refractivity (Wildman–Crippen MR) is 117 cm³/mol. The Balaban J connectivity index is 1.98. The van der Waals surface area contributed by atoms with E-state index in [1.807, 2.05) is 74.0 Å². The van der Waals surface area contributed by atoms with Crippen LogP contribution in [-0.4, -0.2) is 35.1 Å². The molecule has 0 radical (unpaired) electrons. The van der Waals surface area contributed by atoms with Crippen LogP contribution in [-0.2, 0) is 26.3 Å². The fraction of sp³-hybridized carbons (Fsp3) is 0.364. The maximum Gasteiger partial charge on any atom is 0.336 e. The summed E-state index contributed by atoms with van der Waals surface area (Å²) in [5.41, 5.74) is 4.23. The minimum absolute atomic E-state index is 0.143. The number of aryl methyl sites for hydroxylation is 1. The molecular weight excluding hydrogens is 401 g/mol. The highest BCUT2D eigenvalue weighted by Crippen LogP contribution is 2.51. The van der Waals surface area contributed by atoms with Gasteiger partial charge in [0.15, 0.2) is 0 Å². The average Bonchev–Trinajstić information content (AvgIpc) is 3.11. The van der Waals surface area contributed by atoms with Crippen LogP contribution in [0.2, 0.25) is 0 Å². The maximum absolute atomic E-state index is 13.2. The molecule has 0 N–H and O–H groups in total. The molecule has 0 aliphatic heterocycles. The number of hydrogen-bond donors (Lipinski definition) is 0. The van der Waals surface area contributed by atoms with E-state index in [1.165, 1.54) is 0 Å². The Morgan fingerprint density at radius 2 is 1.70 bits per heavy atom. The molecule has 0 amide bonds. The van der Waals surface area contributed by atoms with E-state index in [2.05, 4.69) is 4.98 Å². The Bertz CT molecular complexity index is 1010. The molecule has 7 nitrogen and oxygen atoms in total. The summed E-state index contributed by atoms with van der Waals surface area (Å²) in [6.07, 6.45) is 0.143. The first-order valence-corrected chi connectivity index (χ1v) is 11.7. The van der Waals surface area contributed by atoms with E-state index < -0.39 is 7.60 Å². The zero-order chi connectivity index (χ0) is 21.6. The number of methoxy groups -OCH3 is 1. The van der Waals surface area contributed by atoms with Crippen LogP contribution in [0.4, 0.5) is 0 Å². The van der Waals surface area contributed by atoms with Crippen molar-refractivity contribution in [1.82, 2.24) is 14.8 Å². The second-order valence-electron chi connectivity index (χ2n) is 6.80. The van der Waals surface area contributed by atoms with Crippen molar-refractivity contribution >= 4 is 7.60 Å². The Morgan fingerprint density at radius 3 is 2.30 bits per heavy atom. The van der Waals surface area contributed by atoms with Gasteiger partial charge in [0.05, 0.1) is 44.4 Å². The molecule has 2 heterocycles. The van der Waals surface area contributed by atoms with Crippen LogP contribution < -0.4 is 4.74 Å². The third-order valence-corrected chi connectivity index (χ3v) is 6.53. The first-order valence-electron chi connectivity index (χ1n) is 9.98. The lowest BCUT2D eigenvalue weighted by Crippen LogP contribution is -2.08. The summed E-state index contributed by atoms with van der Waals surface area (Å²) in [4.78, 5) is 4.57. The minimum atomic E-state index is -3.27. The van der Waals surface area contributed by atoms with E-state index in [9.17, 15) is 4.57 Å². The zero-order valence-corrected chi connectivity index (χ0v) is 18.8. The molecule has 0 fully saturated rings. The van der Waals surface area contributed by atoms with Gasteiger partial charge in [-0.3, -0.25) is 14.2 Å². The molecule has 0 unspecified atom stereocenters. The lowest BCUT2D eigenvalue weighted by atomic mass is 10.2. The van der Waals surface area contributed by atoms with Gasteiger partial charge in [0.2, 0.25) is 0 Å². The first-order chi connectivity index (χ1) is 14.5. The number of benzene rings is 1. The fourth-order valence-corrected chi connectivity index (χ4v) is 4.85. The Hall–Kier alpha value is -2.47. The normalized spacial score (nSPS) is 11.6. The van der Waals surface area contributed by atoms with Crippen LogP contribution in [0.1, 0.15) is 30.8 Å². The van der Waals surface area contributed by atoms with E-state index in [1.54, 1.807) is 7.11 Å². The van der Waals surface area contributed by atoms with Crippen molar-refractivity contribution in [3.8, 4) is 17.1 Å². The molecule has 0 atom stereocenters. The van der Waals surface area contributed by atoms with Crippen molar-refractivity contribution in [3.63, 3.8) is 0 Å². The highest BCUT2D eigenvalue weighted by Gasteiger charge is 2.27. The van der Waals surface area contributed by atoms with Crippen molar-refractivity contribution in [2.45, 2.75) is 33.5 Å². The van der Waals surface area contributed by atoms with Crippen molar-refractivity contribution in [2.75, 3.05) is 20.3 Å². The number of hydrogen-bond acceptors (Lipinski definition) is 6. The Morgan fingerprint density at radius 1 is 1.00 bits per heavy atom. The quantitative estimate of drug-likeness (QED) is 0.419. The lowest BCUT2D eigenvalue weighted by Gasteiger charge is -2.17. The molecule has 0 saturated carbocycles. The largest absolute Gasteiger partial charge is 0.497 e. The summed E-state index contributed by atoms with van der Waals surface area (Å²) >= 11 is 0. The summed E-state index contributed by atoms with van der Waals surface area (Å²) < 4.78 is 31.2. The Kier molecular flexibility index (Phi) is 7.43. The van der Waals surface area contributed by atoms with Gasteiger partial charge in [-0.05, 0) is 56.7 Å². The summed E-state index contributed by atoms with van der Waals surface area (Å²) in [6.45, 7) is 6.71. The molecule has 8 heteroatoms. The molecule has 0 aliphatic rings. The van der Waals surface area contributed by atoms with Gasteiger partial charge in [0.1, 0.15) is 11.4 Å². The number of rotatable bonds is 10. The minimum Gasteiger partial charge on any atom is -0.497 e. The van der Waals surface area contributed by atoms with Crippen LogP contribution >= 0.6 is 7.60 Å². The number of ether oxygens (including phenoxy) is 1. The molecular formula is C22H28N3O4P. The van der Waals surface area contributed by atoms with Gasteiger partial charge in [-0.2, -0.15) is 5.10 Å². The van der Waals surface area contributed by atoms with Gasteiger partial charge in [-0.15, -0.1) is 0 Å². The van der Waals surface area contributed by atoms with Gasteiger partial charge >= 0.3 is 7.60 Å². The lowest BCUT2D eigenvalue weighted by molar-refractivity contribution is 0.218. The molecule has 160 valence electrons. The van der Waals surface area contributed by atoms with Crippen LogP contribution in [0.3, 0.4) is 0 Å². The molecule has 0 aliphatic carbocycles. The van der Waals surface area contributed by atoms with Crippen LogP contribution in [0.15, 0.2) is 48.5 Å².